The number of hydrogen-bond acceptors (Lipinski definition) is 5. The average molecular weight is 451 g/mol. The van der Waals surface area contributed by atoms with Gasteiger partial charge in [0.05, 0.1) is 21.7 Å². The third-order valence-corrected chi connectivity index (χ3v) is 8.50. The van der Waals surface area contributed by atoms with Gasteiger partial charge in [0, 0.05) is 12.6 Å². The fourth-order valence-corrected chi connectivity index (χ4v) is 6.64. The van der Waals surface area contributed by atoms with Crippen LogP contribution in [0.4, 0.5) is 0 Å². The number of fused-ring (bicyclic) bond motifs is 3. The van der Waals surface area contributed by atoms with Gasteiger partial charge in [-0.1, -0.05) is 25.1 Å². The maximum absolute atomic E-state index is 12.6. The fraction of sp³-hybridized carbons (Fsp3) is 0.619. The van der Waals surface area contributed by atoms with E-state index in [9.17, 15) is 13.2 Å². The lowest BCUT2D eigenvalue weighted by atomic mass is 9.84. The molecular formula is C21H30N4O3S2. The van der Waals surface area contributed by atoms with E-state index in [2.05, 4.69) is 24.1 Å². The SMILES string of the molecule is CCCn1c(SCC(=O)NC(C)C2CC3CCC2C3)nc2cc(S(N)(=O)=O)ccc21. The summed E-state index contributed by atoms with van der Waals surface area (Å²) in [5.41, 5.74) is 1.43. The first-order valence-electron chi connectivity index (χ1n) is 10.7. The summed E-state index contributed by atoms with van der Waals surface area (Å²) in [7, 11) is -3.78. The van der Waals surface area contributed by atoms with Crippen molar-refractivity contribution >= 4 is 38.7 Å². The summed E-state index contributed by atoms with van der Waals surface area (Å²) >= 11 is 1.39. The molecule has 30 heavy (non-hydrogen) atoms. The summed E-state index contributed by atoms with van der Waals surface area (Å²) in [4.78, 5) is 17.2. The highest BCUT2D eigenvalue weighted by atomic mass is 32.2. The Morgan fingerprint density at radius 1 is 1.37 bits per heavy atom. The van der Waals surface area contributed by atoms with Crippen molar-refractivity contribution in [1.82, 2.24) is 14.9 Å². The number of carbonyl (C=O) groups excluding carboxylic acids is 1. The van der Waals surface area contributed by atoms with Gasteiger partial charge in [0.2, 0.25) is 15.9 Å². The molecule has 2 bridgehead atoms. The molecule has 0 aliphatic heterocycles. The van der Waals surface area contributed by atoms with Crippen LogP contribution in [0.3, 0.4) is 0 Å². The van der Waals surface area contributed by atoms with Crippen LogP contribution in [0.5, 0.6) is 0 Å². The maximum Gasteiger partial charge on any atom is 0.238 e. The van der Waals surface area contributed by atoms with E-state index in [1.807, 2.05) is 4.57 Å². The lowest BCUT2D eigenvalue weighted by Gasteiger charge is -2.28. The van der Waals surface area contributed by atoms with E-state index in [4.69, 9.17) is 5.14 Å². The predicted octanol–water partition coefficient (Wildman–Crippen LogP) is 3.13. The van der Waals surface area contributed by atoms with Crippen LogP contribution in [-0.4, -0.2) is 35.7 Å². The van der Waals surface area contributed by atoms with Gasteiger partial charge in [-0.05, 0) is 68.6 Å². The first-order valence-corrected chi connectivity index (χ1v) is 13.2. The lowest BCUT2D eigenvalue weighted by Crippen LogP contribution is -2.40. The first-order chi connectivity index (χ1) is 14.3. The number of nitrogens with one attached hydrogen (secondary N) is 1. The monoisotopic (exact) mass is 450 g/mol. The molecule has 0 spiro atoms. The second-order valence-corrected chi connectivity index (χ2v) is 11.2. The number of amides is 1. The number of aromatic nitrogens is 2. The van der Waals surface area contributed by atoms with Crippen molar-refractivity contribution < 1.29 is 13.2 Å². The molecule has 4 unspecified atom stereocenters. The molecule has 9 heteroatoms. The molecule has 2 aliphatic rings. The molecule has 3 N–H and O–H groups in total. The van der Waals surface area contributed by atoms with Gasteiger partial charge < -0.3 is 9.88 Å². The second kappa shape index (κ2) is 8.51. The van der Waals surface area contributed by atoms with Gasteiger partial charge in [0.25, 0.3) is 0 Å². The van der Waals surface area contributed by atoms with E-state index in [1.54, 1.807) is 6.07 Å². The number of hydrogen-bond donors (Lipinski definition) is 2. The highest BCUT2D eigenvalue weighted by Gasteiger charge is 2.42. The lowest BCUT2D eigenvalue weighted by molar-refractivity contribution is -0.119. The van der Waals surface area contributed by atoms with Crippen molar-refractivity contribution in [2.45, 2.75) is 68.6 Å². The number of nitrogens with zero attached hydrogens (tertiary/aromatic N) is 2. The smallest absolute Gasteiger partial charge is 0.238 e. The fourth-order valence-electron chi connectivity index (χ4n) is 5.25. The zero-order valence-electron chi connectivity index (χ0n) is 17.5. The largest absolute Gasteiger partial charge is 0.353 e. The summed E-state index contributed by atoms with van der Waals surface area (Å²) in [6.07, 6.45) is 6.16. The molecule has 164 valence electrons. The molecule has 1 amide bonds. The van der Waals surface area contributed by atoms with Crippen molar-refractivity contribution in [3.8, 4) is 0 Å². The van der Waals surface area contributed by atoms with Crippen LogP contribution in [0.25, 0.3) is 11.0 Å². The molecule has 2 saturated carbocycles. The minimum Gasteiger partial charge on any atom is -0.353 e. The summed E-state index contributed by atoms with van der Waals surface area (Å²) in [6, 6.07) is 4.95. The number of aryl methyl sites for hydroxylation is 1. The van der Waals surface area contributed by atoms with Crippen LogP contribution < -0.4 is 10.5 Å². The van der Waals surface area contributed by atoms with E-state index in [0.29, 0.717) is 17.2 Å². The predicted molar refractivity (Wildman–Crippen MR) is 119 cm³/mol. The highest BCUT2D eigenvalue weighted by Crippen LogP contribution is 2.49. The molecule has 2 aliphatic carbocycles. The summed E-state index contributed by atoms with van der Waals surface area (Å²) < 4.78 is 25.3. The summed E-state index contributed by atoms with van der Waals surface area (Å²) in [6.45, 7) is 4.95. The maximum atomic E-state index is 12.6. The summed E-state index contributed by atoms with van der Waals surface area (Å²) in [5.74, 6) is 2.57. The molecule has 0 saturated heterocycles. The molecule has 4 atom stereocenters. The van der Waals surface area contributed by atoms with Crippen molar-refractivity contribution in [3.63, 3.8) is 0 Å². The Hall–Kier alpha value is -1.58. The number of benzene rings is 1. The standard InChI is InChI=1S/C21H30N4O3S2/c1-3-8-25-19-7-6-16(30(22,27)28)11-18(19)24-21(25)29-12-20(26)23-13(2)17-10-14-4-5-15(17)9-14/h6-7,11,13-15,17H,3-5,8-10,12H2,1-2H3,(H,23,26)(H2,22,27,28). The van der Waals surface area contributed by atoms with Gasteiger partial charge in [-0.15, -0.1) is 0 Å². The number of sulfonamides is 1. The van der Waals surface area contributed by atoms with Crippen LogP contribution in [-0.2, 0) is 21.4 Å². The molecule has 1 heterocycles. The van der Waals surface area contributed by atoms with E-state index in [-0.39, 0.29) is 16.8 Å². The third kappa shape index (κ3) is 4.38. The zero-order valence-corrected chi connectivity index (χ0v) is 19.1. The number of rotatable bonds is 8. The molecular weight excluding hydrogens is 420 g/mol. The van der Waals surface area contributed by atoms with Crippen molar-refractivity contribution in [2.24, 2.45) is 22.9 Å². The molecule has 2 fully saturated rings. The van der Waals surface area contributed by atoms with E-state index in [0.717, 1.165) is 35.5 Å². The van der Waals surface area contributed by atoms with Gasteiger partial charge in [-0.3, -0.25) is 4.79 Å². The normalized spacial score (nSPS) is 24.4. The minimum atomic E-state index is -3.78. The van der Waals surface area contributed by atoms with Gasteiger partial charge in [-0.2, -0.15) is 0 Å². The van der Waals surface area contributed by atoms with Crippen molar-refractivity contribution in [1.29, 1.82) is 0 Å². The topological polar surface area (TPSA) is 107 Å². The van der Waals surface area contributed by atoms with E-state index >= 15 is 0 Å². The van der Waals surface area contributed by atoms with Gasteiger partial charge in [0.1, 0.15) is 0 Å². The number of carbonyl (C=O) groups is 1. The Kier molecular flexibility index (Phi) is 6.14. The number of nitrogens with two attached hydrogens (primary N) is 1. The van der Waals surface area contributed by atoms with E-state index < -0.39 is 10.0 Å². The van der Waals surface area contributed by atoms with Gasteiger partial charge >= 0.3 is 0 Å². The quantitative estimate of drug-likeness (QED) is 0.601. The highest BCUT2D eigenvalue weighted by molar-refractivity contribution is 7.99. The summed E-state index contributed by atoms with van der Waals surface area (Å²) in [5, 5.41) is 9.17. The zero-order chi connectivity index (χ0) is 21.5. The molecule has 7 nitrogen and oxygen atoms in total. The molecule has 2 aromatic rings. The second-order valence-electron chi connectivity index (χ2n) is 8.73. The van der Waals surface area contributed by atoms with Gasteiger partial charge in [0.15, 0.2) is 5.16 Å². The number of primary sulfonamides is 1. The van der Waals surface area contributed by atoms with Crippen LogP contribution in [0.2, 0.25) is 0 Å². The van der Waals surface area contributed by atoms with Crippen LogP contribution in [0, 0.1) is 17.8 Å². The minimum absolute atomic E-state index is 0.0237. The Balaban J connectivity index is 1.44. The average Bonchev–Trinajstić information content (AvgIpc) is 3.40. The number of thioether (sulfide) groups is 1. The van der Waals surface area contributed by atoms with Crippen LogP contribution in [0.1, 0.15) is 46.0 Å². The Morgan fingerprint density at radius 3 is 2.80 bits per heavy atom. The number of imidazole rings is 1. The Bertz CT molecular complexity index is 1050. The Morgan fingerprint density at radius 2 is 2.17 bits per heavy atom. The van der Waals surface area contributed by atoms with Crippen molar-refractivity contribution in [3.05, 3.63) is 18.2 Å². The molecule has 1 aromatic heterocycles. The van der Waals surface area contributed by atoms with Gasteiger partial charge in [-0.25, -0.2) is 18.5 Å². The Labute approximate surface area is 182 Å². The van der Waals surface area contributed by atoms with Crippen LogP contribution >= 0.6 is 11.8 Å². The molecule has 1 aromatic carbocycles. The molecule has 4 rings (SSSR count). The van der Waals surface area contributed by atoms with E-state index in [1.165, 1.54) is 49.6 Å². The third-order valence-electron chi connectivity index (χ3n) is 6.62. The van der Waals surface area contributed by atoms with Crippen molar-refractivity contribution in [2.75, 3.05) is 5.75 Å². The first kappa shape index (κ1) is 21.6. The molecule has 0 radical (unpaired) electrons. The van der Waals surface area contributed by atoms with Crippen LogP contribution in [0.15, 0.2) is 28.3 Å².